The second-order valence-electron chi connectivity index (χ2n) is 6.63. The SMILES string of the molecule is CCC(=O)C(c1ccccc1)(c1ccccc1)C(C)C[NH+](C)C.[Cl-]. The van der Waals surface area contributed by atoms with Crippen LogP contribution in [0.5, 0.6) is 0 Å². The molecule has 130 valence electrons. The molecule has 0 saturated heterocycles. The molecule has 1 N–H and O–H groups in total. The monoisotopic (exact) mass is 345 g/mol. The average Bonchev–Trinajstić information content (AvgIpc) is 2.56. The van der Waals surface area contributed by atoms with Gasteiger partial charge in [-0.3, -0.25) is 4.79 Å². The van der Waals surface area contributed by atoms with Crippen molar-refractivity contribution in [1.82, 2.24) is 0 Å². The molecule has 0 radical (unpaired) electrons. The van der Waals surface area contributed by atoms with E-state index in [1.54, 1.807) is 0 Å². The molecule has 0 heterocycles. The number of hydrogen-bond donors (Lipinski definition) is 1. The van der Waals surface area contributed by atoms with E-state index in [-0.39, 0.29) is 18.3 Å². The van der Waals surface area contributed by atoms with Gasteiger partial charge in [-0.15, -0.1) is 0 Å². The van der Waals surface area contributed by atoms with Crippen molar-refractivity contribution in [2.75, 3.05) is 20.6 Å². The van der Waals surface area contributed by atoms with Crippen LogP contribution >= 0.6 is 0 Å². The molecular weight excluding hydrogens is 318 g/mol. The molecule has 3 heteroatoms. The number of carbonyl (C=O) groups is 1. The van der Waals surface area contributed by atoms with Crippen molar-refractivity contribution < 1.29 is 22.1 Å². The van der Waals surface area contributed by atoms with Gasteiger partial charge in [-0.25, -0.2) is 0 Å². The van der Waals surface area contributed by atoms with Crippen LogP contribution in [0.15, 0.2) is 60.7 Å². The Morgan fingerprint density at radius 1 is 0.958 bits per heavy atom. The van der Waals surface area contributed by atoms with Crippen LogP contribution in [0.25, 0.3) is 0 Å². The summed E-state index contributed by atoms with van der Waals surface area (Å²) in [5, 5.41) is 0. The van der Waals surface area contributed by atoms with E-state index in [9.17, 15) is 4.79 Å². The molecule has 2 aromatic carbocycles. The van der Waals surface area contributed by atoms with Crippen LogP contribution in [0, 0.1) is 5.92 Å². The minimum Gasteiger partial charge on any atom is -1.00 e. The predicted molar refractivity (Wildman–Crippen MR) is 95.8 cm³/mol. The summed E-state index contributed by atoms with van der Waals surface area (Å²) < 4.78 is 0. The molecule has 0 amide bonds. The Morgan fingerprint density at radius 3 is 1.71 bits per heavy atom. The van der Waals surface area contributed by atoms with Crippen LogP contribution in [-0.4, -0.2) is 26.4 Å². The van der Waals surface area contributed by atoms with Crippen LogP contribution < -0.4 is 17.3 Å². The van der Waals surface area contributed by atoms with E-state index in [4.69, 9.17) is 0 Å². The number of hydrogen-bond acceptors (Lipinski definition) is 1. The quantitative estimate of drug-likeness (QED) is 0.733. The maximum absolute atomic E-state index is 13.2. The number of benzene rings is 2. The Balaban J connectivity index is 0.00000288. The topological polar surface area (TPSA) is 21.5 Å². The third kappa shape index (κ3) is 3.88. The van der Waals surface area contributed by atoms with Gasteiger partial charge in [0.05, 0.1) is 26.1 Å². The van der Waals surface area contributed by atoms with Crippen LogP contribution in [0.3, 0.4) is 0 Å². The number of halogens is 1. The van der Waals surface area contributed by atoms with E-state index in [1.807, 2.05) is 43.3 Å². The van der Waals surface area contributed by atoms with Gasteiger partial charge in [0.15, 0.2) is 0 Å². The normalized spacial score (nSPS) is 12.5. The minimum atomic E-state index is -0.575. The lowest BCUT2D eigenvalue weighted by atomic mass is 9.63. The summed E-state index contributed by atoms with van der Waals surface area (Å²) in [5.41, 5.74) is 1.63. The van der Waals surface area contributed by atoms with E-state index < -0.39 is 5.41 Å². The molecular formula is C21H28ClNO. The summed E-state index contributed by atoms with van der Waals surface area (Å²) in [5.74, 6) is 0.508. The van der Waals surface area contributed by atoms with E-state index in [0.29, 0.717) is 12.2 Å². The number of rotatable bonds is 7. The number of carbonyl (C=O) groups excluding carboxylic acids is 1. The Hall–Kier alpha value is -1.64. The van der Waals surface area contributed by atoms with Crippen molar-refractivity contribution in [2.45, 2.75) is 25.7 Å². The van der Waals surface area contributed by atoms with Gasteiger partial charge in [0.25, 0.3) is 0 Å². The molecule has 1 atom stereocenters. The first-order valence-electron chi connectivity index (χ1n) is 8.46. The molecule has 24 heavy (non-hydrogen) atoms. The van der Waals surface area contributed by atoms with E-state index >= 15 is 0 Å². The first-order valence-corrected chi connectivity index (χ1v) is 8.46. The molecule has 0 saturated carbocycles. The van der Waals surface area contributed by atoms with Crippen LogP contribution in [-0.2, 0) is 10.2 Å². The van der Waals surface area contributed by atoms with Gasteiger partial charge in [0.1, 0.15) is 5.78 Å². The molecule has 0 aliphatic heterocycles. The van der Waals surface area contributed by atoms with E-state index in [0.717, 1.165) is 17.7 Å². The Kier molecular flexibility index (Phi) is 7.65. The van der Waals surface area contributed by atoms with Crippen molar-refractivity contribution in [3.05, 3.63) is 71.8 Å². The lowest BCUT2D eigenvalue weighted by Gasteiger charge is -2.39. The van der Waals surface area contributed by atoms with E-state index in [1.165, 1.54) is 4.90 Å². The summed E-state index contributed by atoms with van der Waals surface area (Å²) >= 11 is 0. The zero-order valence-electron chi connectivity index (χ0n) is 15.1. The summed E-state index contributed by atoms with van der Waals surface area (Å²) in [6.07, 6.45) is 0.539. The van der Waals surface area contributed by atoms with Crippen LogP contribution in [0.2, 0.25) is 0 Å². The van der Waals surface area contributed by atoms with Crippen molar-refractivity contribution in [3.8, 4) is 0 Å². The molecule has 2 aromatic rings. The molecule has 0 aliphatic rings. The second-order valence-corrected chi connectivity index (χ2v) is 6.63. The maximum Gasteiger partial charge on any atom is 0.148 e. The minimum absolute atomic E-state index is 0. The van der Waals surface area contributed by atoms with Crippen molar-refractivity contribution >= 4 is 5.78 Å². The summed E-state index contributed by atoms with van der Waals surface area (Å²) in [7, 11) is 4.29. The van der Waals surface area contributed by atoms with Crippen LogP contribution in [0.4, 0.5) is 0 Å². The first-order chi connectivity index (χ1) is 11.0. The van der Waals surface area contributed by atoms with Crippen LogP contribution in [0.1, 0.15) is 31.4 Å². The van der Waals surface area contributed by atoms with Crippen molar-refractivity contribution in [2.24, 2.45) is 5.92 Å². The lowest BCUT2D eigenvalue weighted by Crippen LogP contribution is -3.06. The highest BCUT2D eigenvalue weighted by Gasteiger charge is 2.46. The third-order valence-corrected chi connectivity index (χ3v) is 4.67. The van der Waals surface area contributed by atoms with Gasteiger partial charge in [-0.05, 0) is 11.1 Å². The van der Waals surface area contributed by atoms with Gasteiger partial charge in [-0.2, -0.15) is 0 Å². The second kappa shape index (κ2) is 9.00. The standard InChI is InChI=1S/C21H27NO.ClH/c1-5-20(23)21(17(2)16-22(3)4,18-12-8-6-9-13-18)19-14-10-7-11-15-19;/h6-15,17H,5,16H2,1-4H3;1H. The zero-order valence-corrected chi connectivity index (χ0v) is 15.8. The summed E-state index contributed by atoms with van der Waals surface area (Å²) in [6.45, 7) is 5.12. The maximum atomic E-state index is 13.2. The van der Waals surface area contributed by atoms with Gasteiger partial charge < -0.3 is 17.3 Å². The average molecular weight is 346 g/mol. The highest BCUT2D eigenvalue weighted by molar-refractivity contribution is 5.94. The van der Waals surface area contributed by atoms with Crippen molar-refractivity contribution in [1.29, 1.82) is 0 Å². The zero-order chi connectivity index (χ0) is 16.9. The fourth-order valence-corrected chi connectivity index (χ4v) is 3.78. The Morgan fingerprint density at radius 2 is 1.38 bits per heavy atom. The van der Waals surface area contributed by atoms with Gasteiger partial charge >= 0.3 is 0 Å². The molecule has 1 unspecified atom stereocenters. The van der Waals surface area contributed by atoms with Gasteiger partial charge in [0, 0.05) is 12.3 Å². The molecule has 0 aromatic heterocycles. The number of ketones is 1. The smallest absolute Gasteiger partial charge is 0.148 e. The Bertz CT molecular complexity index is 585. The van der Waals surface area contributed by atoms with Crippen molar-refractivity contribution in [3.63, 3.8) is 0 Å². The summed E-state index contributed by atoms with van der Waals surface area (Å²) in [4.78, 5) is 14.6. The predicted octanol–water partition coefficient (Wildman–Crippen LogP) is -0.264. The van der Waals surface area contributed by atoms with Gasteiger partial charge in [0.2, 0.25) is 0 Å². The molecule has 0 spiro atoms. The fourth-order valence-electron chi connectivity index (χ4n) is 3.78. The lowest BCUT2D eigenvalue weighted by molar-refractivity contribution is -0.862. The molecule has 0 aliphatic carbocycles. The highest BCUT2D eigenvalue weighted by Crippen LogP contribution is 2.40. The number of Topliss-reactive ketones (excluding diaryl/α,β-unsaturated/α-hetero) is 1. The number of nitrogens with one attached hydrogen (secondary N) is 1. The summed E-state index contributed by atoms with van der Waals surface area (Å²) in [6, 6.07) is 20.6. The molecule has 0 bridgehead atoms. The largest absolute Gasteiger partial charge is 1.00 e. The first kappa shape index (κ1) is 20.4. The Labute approximate surface area is 152 Å². The molecule has 2 nitrogen and oxygen atoms in total. The molecule has 0 fully saturated rings. The highest BCUT2D eigenvalue weighted by atomic mass is 35.5. The van der Waals surface area contributed by atoms with E-state index in [2.05, 4.69) is 45.3 Å². The third-order valence-electron chi connectivity index (χ3n) is 4.67. The number of quaternary nitrogens is 1. The van der Waals surface area contributed by atoms with Gasteiger partial charge in [-0.1, -0.05) is 74.5 Å². The molecule has 2 rings (SSSR count). The fraction of sp³-hybridized carbons (Fsp3) is 0.381.